The van der Waals surface area contributed by atoms with Crippen molar-refractivity contribution in [1.82, 2.24) is 10.3 Å². The van der Waals surface area contributed by atoms with Gasteiger partial charge in [-0.1, -0.05) is 13.0 Å². The van der Waals surface area contributed by atoms with Crippen molar-refractivity contribution in [3.05, 3.63) is 29.6 Å². The molecule has 0 spiro atoms. The van der Waals surface area contributed by atoms with Crippen molar-refractivity contribution >= 4 is 5.78 Å². The number of ketones is 1. The third-order valence-electron chi connectivity index (χ3n) is 2.73. The summed E-state index contributed by atoms with van der Waals surface area (Å²) in [5.74, 6) is 0.239. The van der Waals surface area contributed by atoms with Crippen LogP contribution < -0.4 is 5.32 Å². The first-order valence-electron chi connectivity index (χ1n) is 6.61. The maximum atomic E-state index is 11.8. The first-order valence-corrected chi connectivity index (χ1v) is 6.61. The van der Waals surface area contributed by atoms with Gasteiger partial charge in [-0.25, -0.2) is 0 Å². The Morgan fingerprint density at radius 2 is 2.06 bits per heavy atom. The average molecular weight is 248 g/mol. The molecule has 0 amide bonds. The van der Waals surface area contributed by atoms with E-state index in [0.29, 0.717) is 12.8 Å². The second-order valence-electron chi connectivity index (χ2n) is 5.65. The number of aryl methyl sites for hydroxylation is 1. The van der Waals surface area contributed by atoms with Gasteiger partial charge in [0.25, 0.3) is 0 Å². The van der Waals surface area contributed by atoms with Crippen LogP contribution >= 0.6 is 0 Å². The maximum Gasteiger partial charge on any atom is 0.140 e. The predicted octanol–water partition coefficient (Wildman–Crippen LogP) is 2.53. The van der Waals surface area contributed by atoms with Crippen molar-refractivity contribution in [3.63, 3.8) is 0 Å². The fraction of sp³-hybridized carbons (Fsp3) is 0.600. The Balaban J connectivity index is 2.35. The molecule has 1 aromatic rings. The van der Waals surface area contributed by atoms with E-state index < -0.39 is 0 Å². The molecule has 0 bridgehead atoms. The molecule has 1 rings (SSSR count). The summed E-state index contributed by atoms with van der Waals surface area (Å²) in [6.07, 6.45) is 3.84. The molecule has 3 nitrogen and oxygen atoms in total. The Labute approximate surface area is 110 Å². The number of Topliss-reactive ketones (excluding diaryl/α,β-unsaturated/α-hetero) is 1. The molecule has 0 unspecified atom stereocenters. The van der Waals surface area contributed by atoms with E-state index in [1.54, 1.807) is 0 Å². The Kier molecular flexibility index (Phi) is 5.48. The molecule has 0 saturated heterocycles. The molecule has 100 valence electrons. The van der Waals surface area contributed by atoms with Gasteiger partial charge in [0, 0.05) is 36.8 Å². The zero-order valence-electron chi connectivity index (χ0n) is 11.9. The molecule has 0 saturated carbocycles. The maximum absolute atomic E-state index is 11.8. The number of pyridine rings is 1. The zero-order chi connectivity index (χ0) is 13.6. The van der Waals surface area contributed by atoms with E-state index in [-0.39, 0.29) is 11.3 Å². The van der Waals surface area contributed by atoms with E-state index in [1.165, 1.54) is 5.56 Å². The smallest absolute Gasteiger partial charge is 0.140 e. The van der Waals surface area contributed by atoms with E-state index in [9.17, 15) is 4.79 Å². The summed E-state index contributed by atoms with van der Waals surface area (Å²) in [6, 6.07) is 4.00. The minimum Gasteiger partial charge on any atom is -0.312 e. The van der Waals surface area contributed by atoms with Crippen molar-refractivity contribution in [2.45, 2.75) is 52.5 Å². The molecular weight excluding hydrogens is 224 g/mol. The molecule has 0 fully saturated rings. The van der Waals surface area contributed by atoms with Crippen molar-refractivity contribution in [2.24, 2.45) is 0 Å². The van der Waals surface area contributed by atoms with Crippen LogP contribution in [0.5, 0.6) is 0 Å². The van der Waals surface area contributed by atoms with Gasteiger partial charge in [0.15, 0.2) is 0 Å². The number of nitrogens with zero attached hydrogens (tertiary/aromatic N) is 1. The van der Waals surface area contributed by atoms with E-state index in [1.807, 2.05) is 18.3 Å². The minimum atomic E-state index is 0.0707. The minimum absolute atomic E-state index is 0.0707. The third kappa shape index (κ3) is 5.92. The number of nitrogens with one attached hydrogen (secondary N) is 1. The van der Waals surface area contributed by atoms with Crippen LogP contribution in [-0.2, 0) is 17.6 Å². The van der Waals surface area contributed by atoms with Gasteiger partial charge in [0.2, 0.25) is 0 Å². The van der Waals surface area contributed by atoms with Gasteiger partial charge in [-0.3, -0.25) is 9.78 Å². The fourth-order valence-corrected chi connectivity index (χ4v) is 1.64. The highest BCUT2D eigenvalue weighted by atomic mass is 16.1. The molecule has 3 heteroatoms. The third-order valence-corrected chi connectivity index (χ3v) is 2.73. The molecule has 18 heavy (non-hydrogen) atoms. The highest BCUT2D eigenvalue weighted by Crippen LogP contribution is 2.04. The molecule has 1 aromatic heterocycles. The molecule has 0 atom stereocenters. The molecular formula is C15H24N2O. The van der Waals surface area contributed by atoms with Crippen LogP contribution in [0.3, 0.4) is 0 Å². The van der Waals surface area contributed by atoms with Crippen LogP contribution in [0.25, 0.3) is 0 Å². The van der Waals surface area contributed by atoms with E-state index in [0.717, 1.165) is 18.7 Å². The van der Waals surface area contributed by atoms with Gasteiger partial charge in [0.05, 0.1) is 0 Å². The van der Waals surface area contributed by atoms with Crippen LogP contribution in [-0.4, -0.2) is 22.9 Å². The molecule has 1 N–H and O–H groups in total. The topological polar surface area (TPSA) is 42.0 Å². The summed E-state index contributed by atoms with van der Waals surface area (Å²) in [5.41, 5.74) is 2.15. The fourth-order valence-electron chi connectivity index (χ4n) is 1.64. The monoisotopic (exact) mass is 248 g/mol. The summed E-state index contributed by atoms with van der Waals surface area (Å²) in [7, 11) is 0. The van der Waals surface area contributed by atoms with Crippen molar-refractivity contribution < 1.29 is 4.79 Å². The lowest BCUT2D eigenvalue weighted by molar-refractivity contribution is -0.118. The summed E-state index contributed by atoms with van der Waals surface area (Å²) in [4.78, 5) is 16.1. The molecule has 1 heterocycles. The lowest BCUT2D eigenvalue weighted by Crippen LogP contribution is -2.37. The number of carbonyl (C=O) groups is 1. The summed E-state index contributed by atoms with van der Waals surface area (Å²) in [6.45, 7) is 9.13. The van der Waals surface area contributed by atoms with Crippen LogP contribution in [0.15, 0.2) is 18.3 Å². The van der Waals surface area contributed by atoms with Crippen LogP contribution in [0.2, 0.25) is 0 Å². The summed E-state index contributed by atoms with van der Waals surface area (Å²) >= 11 is 0. The summed E-state index contributed by atoms with van der Waals surface area (Å²) in [5, 5.41) is 3.32. The molecule has 0 aliphatic rings. The van der Waals surface area contributed by atoms with Gasteiger partial charge in [-0.2, -0.15) is 0 Å². The normalized spacial score (nSPS) is 11.6. The first-order chi connectivity index (χ1) is 8.40. The lowest BCUT2D eigenvalue weighted by atomic mass is 10.1. The molecule has 0 aromatic carbocycles. The highest BCUT2D eigenvalue weighted by molar-refractivity contribution is 5.80. The van der Waals surface area contributed by atoms with Crippen molar-refractivity contribution in [2.75, 3.05) is 6.54 Å². The van der Waals surface area contributed by atoms with E-state index in [2.05, 4.69) is 38.0 Å². The number of carbonyl (C=O) groups excluding carboxylic acids is 1. The average Bonchev–Trinajstić information content (AvgIpc) is 2.28. The Bertz CT molecular complexity index is 376. The first kappa shape index (κ1) is 14.8. The van der Waals surface area contributed by atoms with Gasteiger partial charge < -0.3 is 5.32 Å². The van der Waals surface area contributed by atoms with E-state index in [4.69, 9.17) is 0 Å². The Morgan fingerprint density at radius 3 is 2.56 bits per heavy atom. The standard InChI is InChI=1S/C15H24N2O/c1-5-12-6-7-13(16-11-12)10-14(18)8-9-17-15(2,3)4/h6-7,11,17H,5,8-10H2,1-4H3. The van der Waals surface area contributed by atoms with Crippen molar-refractivity contribution in [3.8, 4) is 0 Å². The number of hydrogen-bond acceptors (Lipinski definition) is 3. The molecule has 0 aliphatic carbocycles. The quantitative estimate of drug-likeness (QED) is 0.841. The predicted molar refractivity (Wildman–Crippen MR) is 74.7 cm³/mol. The van der Waals surface area contributed by atoms with Crippen LogP contribution in [0.1, 0.15) is 45.4 Å². The number of rotatable bonds is 6. The van der Waals surface area contributed by atoms with Crippen LogP contribution in [0, 0.1) is 0 Å². The molecule has 0 aliphatic heterocycles. The lowest BCUT2D eigenvalue weighted by Gasteiger charge is -2.20. The van der Waals surface area contributed by atoms with Gasteiger partial charge in [0.1, 0.15) is 5.78 Å². The number of hydrogen-bond donors (Lipinski definition) is 1. The second-order valence-corrected chi connectivity index (χ2v) is 5.65. The second kappa shape index (κ2) is 6.64. The Hall–Kier alpha value is -1.22. The van der Waals surface area contributed by atoms with Crippen LogP contribution in [0.4, 0.5) is 0 Å². The largest absolute Gasteiger partial charge is 0.312 e. The zero-order valence-corrected chi connectivity index (χ0v) is 11.9. The van der Waals surface area contributed by atoms with E-state index >= 15 is 0 Å². The summed E-state index contributed by atoms with van der Waals surface area (Å²) < 4.78 is 0. The van der Waals surface area contributed by atoms with Crippen molar-refractivity contribution in [1.29, 1.82) is 0 Å². The highest BCUT2D eigenvalue weighted by Gasteiger charge is 2.10. The molecule has 0 radical (unpaired) electrons. The van der Waals surface area contributed by atoms with Gasteiger partial charge >= 0.3 is 0 Å². The van der Waals surface area contributed by atoms with Gasteiger partial charge in [-0.05, 0) is 38.8 Å². The number of aromatic nitrogens is 1. The SMILES string of the molecule is CCc1ccc(CC(=O)CCNC(C)(C)C)nc1. The van der Waals surface area contributed by atoms with Gasteiger partial charge in [-0.15, -0.1) is 0 Å². The Morgan fingerprint density at radius 1 is 1.33 bits per heavy atom.